The number of nitrogens with zero attached hydrogens (tertiary/aromatic N) is 2. The lowest BCUT2D eigenvalue weighted by atomic mass is 9.94. The lowest BCUT2D eigenvalue weighted by Crippen LogP contribution is -2.55. The lowest BCUT2D eigenvalue weighted by Gasteiger charge is -2.35. The molecular weight excluding hydrogens is 689 g/mol. The van der Waals surface area contributed by atoms with Gasteiger partial charge >= 0.3 is 0 Å². The number of carbonyl (C=O) groups excluding carboxylic acids is 2. The summed E-state index contributed by atoms with van der Waals surface area (Å²) in [5.41, 5.74) is 2.43. The first-order chi connectivity index (χ1) is 23.0. The number of hydrogen-bond acceptors (Lipinski definition) is 4. The first-order valence-corrected chi connectivity index (χ1v) is 18.5. The van der Waals surface area contributed by atoms with Gasteiger partial charge in [0.05, 0.1) is 15.6 Å². The zero-order valence-corrected chi connectivity index (χ0v) is 29.7. The molecule has 0 aromatic heterocycles. The fourth-order valence-corrected chi connectivity index (χ4v) is 8.13. The van der Waals surface area contributed by atoms with Crippen molar-refractivity contribution in [3.8, 4) is 0 Å². The van der Waals surface area contributed by atoms with E-state index in [-0.39, 0.29) is 40.5 Å². The highest BCUT2D eigenvalue weighted by Gasteiger charge is 2.36. The van der Waals surface area contributed by atoms with Crippen molar-refractivity contribution >= 4 is 62.3 Å². The Morgan fingerprint density at radius 1 is 0.833 bits per heavy atom. The van der Waals surface area contributed by atoms with Gasteiger partial charge in [-0.05, 0) is 67.3 Å². The molecule has 0 spiro atoms. The molecule has 0 unspecified atom stereocenters. The number of sulfonamides is 1. The van der Waals surface area contributed by atoms with Crippen molar-refractivity contribution in [1.82, 2.24) is 10.2 Å². The molecule has 252 valence electrons. The largest absolute Gasteiger partial charge is 0.352 e. The number of amides is 2. The molecule has 7 nitrogen and oxygen atoms in total. The van der Waals surface area contributed by atoms with Gasteiger partial charge in [-0.25, -0.2) is 8.42 Å². The Balaban J connectivity index is 1.59. The van der Waals surface area contributed by atoms with Gasteiger partial charge in [0, 0.05) is 29.1 Å². The number of aryl methyl sites for hydroxylation is 1. The molecule has 0 bridgehead atoms. The van der Waals surface area contributed by atoms with E-state index in [1.165, 1.54) is 17.0 Å². The predicted molar refractivity (Wildman–Crippen MR) is 193 cm³/mol. The van der Waals surface area contributed by atoms with E-state index < -0.39 is 28.5 Å². The average molecular weight is 727 g/mol. The van der Waals surface area contributed by atoms with E-state index in [0.717, 1.165) is 47.5 Å². The van der Waals surface area contributed by atoms with Gasteiger partial charge in [0.1, 0.15) is 12.6 Å². The van der Waals surface area contributed by atoms with Crippen LogP contribution < -0.4 is 9.62 Å². The number of anilines is 1. The van der Waals surface area contributed by atoms with Crippen LogP contribution in [0, 0.1) is 6.92 Å². The summed E-state index contributed by atoms with van der Waals surface area (Å²) >= 11 is 19.4. The fraction of sp³-hybridized carbons (Fsp3) is 0.297. The van der Waals surface area contributed by atoms with Crippen LogP contribution in [0.1, 0.15) is 48.8 Å². The maximum Gasteiger partial charge on any atom is 0.264 e. The maximum absolute atomic E-state index is 14.7. The minimum Gasteiger partial charge on any atom is -0.352 e. The van der Waals surface area contributed by atoms with Crippen molar-refractivity contribution in [3.05, 3.63) is 129 Å². The molecule has 1 aliphatic rings. The minimum atomic E-state index is -4.28. The summed E-state index contributed by atoms with van der Waals surface area (Å²) in [7, 11) is -4.28. The normalized spacial score (nSPS) is 14.2. The Kier molecular flexibility index (Phi) is 12.1. The highest BCUT2D eigenvalue weighted by Crippen LogP contribution is 2.32. The van der Waals surface area contributed by atoms with E-state index in [0.29, 0.717) is 15.6 Å². The van der Waals surface area contributed by atoms with Crippen LogP contribution >= 0.6 is 34.8 Å². The number of halogens is 3. The van der Waals surface area contributed by atoms with Gasteiger partial charge in [-0.2, -0.15) is 0 Å². The highest BCUT2D eigenvalue weighted by atomic mass is 35.5. The van der Waals surface area contributed by atoms with Gasteiger partial charge in [0.15, 0.2) is 0 Å². The Labute approximate surface area is 297 Å². The van der Waals surface area contributed by atoms with Gasteiger partial charge in [-0.3, -0.25) is 13.9 Å². The summed E-state index contributed by atoms with van der Waals surface area (Å²) in [4.78, 5) is 30.4. The third-order valence-corrected chi connectivity index (χ3v) is 11.3. The Morgan fingerprint density at radius 2 is 1.50 bits per heavy atom. The molecule has 0 radical (unpaired) electrons. The molecule has 1 aliphatic carbocycles. The van der Waals surface area contributed by atoms with Gasteiger partial charge in [0.25, 0.3) is 10.0 Å². The van der Waals surface area contributed by atoms with E-state index in [9.17, 15) is 18.0 Å². The number of hydrogen-bond donors (Lipinski definition) is 1. The smallest absolute Gasteiger partial charge is 0.264 e. The first-order valence-electron chi connectivity index (χ1n) is 15.9. The highest BCUT2D eigenvalue weighted by molar-refractivity contribution is 7.92. The number of carbonyl (C=O) groups is 2. The number of rotatable bonds is 12. The molecule has 1 N–H and O–H groups in total. The molecular formula is C37H38Cl3N3O4S. The second-order valence-electron chi connectivity index (χ2n) is 12.1. The number of benzene rings is 4. The third-order valence-electron chi connectivity index (χ3n) is 8.59. The van der Waals surface area contributed by atoms with Crippen LogP contribution in [0.5, 0.6) is 0 Å². The second kappa shape index (κ2) is 16.2. The predicted octanol–water partition coefficient (Wildman–Crippen LogP) is 8.24. The molecule has 0 aliphatic heterocycles. The number of para-hydroxylation sites is 1. The quantitative estimate of drug-likeness (QED) is 0.159. The first kappa shape index (κ1) is 35.7. The molecule has 5 rings (SSSR count). The monoisotopic (exact) mass is 725 g/mol. The van der Waals surface area contributed by atoms with Crippen molar-refractivity contribution in [1.29, 1.82) is 0 Å². The van der Waals surface area contributed by atoms with Gasteiger partial charge in [-0.1, -0.05) is 120 Å². The third kappa shape index (κ3) is 8.91. The topological polar surface area (TPSA) is 86.8 Å². The SMILES string of the molecule is Cc1ccc(S(=O)(=O)N(CC(=O)N(Cc2ccc(Cl)cc2Cl)[C@H](Cc2ccccc2)C(=O)NC2CCCCC2)c2ccccc2Cl)cc1. The molecule has 1 saturated carbocycles. The zero-order chi connectivity index (χ0) is 34.3. The summed E-state index contributed by atoms with van der Waals surface area (Å²) < 4.78 is 29.5. The molecule has 11 heteroatoms. The van der Waals surface area contributed by atoms with Crippen molar-refractivity contribution in [2.75, 3.05) is 10.8 Å². The van der Waals surface area contributed by atoms with Crippen LogP contribution in [0.3, 0.4) is 0 Å². The lowest BCUT2D eigenvalue weighted by molar-refractivity contribution is -0.140. The molecule has 0 saturated heterocycles. The van der Waals surface area contributed by atoms with E-state index in [2.05, 4.69) is 5.32 Å². The summed E-state index contributed by atoms with van der Waals surface area (Å²) in [5.74, 6) is -0.911. The zero-order valence-electron chi connectivity index (χ0n) is 26.6. The minimum absolute atomic E-state index is 0.00370. The Bertz CT molecular complexity index is 1830. The van der Waals surface area contributed by atoms with E-state index in [1.54, 1.807) is 54.6 Å². The molecule has 1 atom stereocenters. The fourth-order valence-electron chi connectivity index (χ4n) is 5.94. The summed E-state index contributed by atoms with van der Waals surface area (Å²) in [6, 6.07) is 26.2. The van der Waals surface area contributed by atoms with Crippen LogP contribution in [-0.4, -0.2) is 43.8 Å². The van der Waals surface area contributed by atoms with Crippen molar-refractivity contribution < 1.29 is 18.0 Å². The van der Waals surface area contributed by atoms with Crippen molar-refractivity contribution in [2.24, 2.45) is 0 Å². The standard InChI is InChI=1S/C37H38Cl3N3O4S/c1-26-16-20-31(21-17-26)48(46,47)43(34-15-9-8-14-32(34)39)25-36(44)42(24-28-18-19-29(38)23-33(28)40)35(22-27-10-4-2-5-11-27)37(45)41-30-12-6-3-7-13-30/h2,4-5,8-11,14-21,23,30,35H,3,6-7,12-13,22,24-25H2,1H3,(H,41,45)/t35-/m1/s1. The van der Waals surface area contributed by atoms with Crippen LogP contribution in [0.15, 0.2) is 102 Å². The Morgan fingerprint density at radius 3 is 2.17 bits per heavy atom. The van der Waals surface area contributed by atoms with Crippen LogP contribution in [-0.2, 0) is 32.6 Å². The molecule has 1 fully saturated rings. The summed E-state index contributed by atoms with van der Waals surface area (Å²) in [5, 5.41) is 4.10. The van der Waals surface area contributed by atoms with Gasteiger partial charge in [-0.15, -0.1) is 0 Å². The molecule has 0 heterocycles. The molecule has 48 heavy (non-hydrogen) atoms. The molecule has 2 amide bonds. The Hall–Kier alpha value is -3.56. The molecule has 4 aromatic rings. The average Bonchev–Trinajstić information content (AvgIpc) is 3.07. The number of nitrogens with one attached hydrogen (secondary N) is 1. The van der Waals surface area contributed by atoms with Crippen molar-refractivity contribution in [3.63, 3.8) is 0 Å². The van der Waals surface area contributed by atoms with E-state index >= 15 is 0 Å². The van der Waals surface area contributed by atoms with E-state index in [4.69, 9.17) is 34.8 Å². The summed E-state index contributed by atoms with van der Waals surface area (Å²) in [6.07, 6.45) is 5.06. The second-order valence-corrected chi connectivity index (χ2v) is 15.2. The van der Waals surface area contributed by atoms with Crippen LogP contribution in [0.25, 0.3) is 0 Å². The van der Waals surface area contributed by atoms with Gasteiger partial charge in [0.2, 0.25) is 11.8 Å². The van der Waals surface area contributed by atoms with Crippen molar-refractivity contribution in [2.45, 2.75) is 69.0 Å². The van der Waals surface area contributed by atoms with Gasteiger partial charge < -0.3 is 10.2 Å². The summed E-state index contributed by atoms with van der Waals surface area (Å²) in [6.45, 7) is 1.18. The van der Waals surface area contributed by atoms with E-state index in [1.807, 2.05) is 37.3 Å². The van der Waals surface area contributed by atoms with Crippen LogP contribution in [0.2, 0.25) is 15.1 Å². The van der Waals surface area contributed by atoms with Crippen LogP contribution in [0.4, 0.5) is 5.69 Å². The molecule has 4 aromatic carbocycles. The maximum atomic E-state index is 14.7.